The zero-order valence-corrected chi connectivity index (χ0v) is 15.5. The quantitative estimate of drug-likeness (QED) is 0.717. The summed E-state index contributed by atoms with van der Waals surface area (Å²) < 4.78 is 16.5. The molecule has 0 atom stereocenters. The number of aryl methyl sites for hydroxylation is 1. The van der Waals surface area contributed by atoms with E-state index in [4.69, 9.17) is 14.2 Å². The zero-order valence-electron chi connectivity index (χ0n) is 15.5. The number of H-pyrrole nitrogens is 1. The Morgan fingerprint density at radius 3 is 2.42 bits per heavy atom. The lowest BCUT2D eigenvalue weighted by molar-refractivity contribution is 0.297. The van der Waals surface area contributed by atoms with Crippen LogP contribution in [-0.2, 0) is 0 Å². The molecule has 0 unspecified atom stereocenters. The van der Waals surface area contributed by atoms with Crippen LogP contribution in [0.1, 0.15) is 18.9 Å². The van der Waals surface area contributed by atoms with Crippen LogP contribution in [0, 0.1) is 6.92 Å². The van der Waals surface area contributed by atoms with Crippen molar-refractivity contribution in [1.29, 1.82) is 0 Å². The van der Waals surface area contributed by atoms with Crippen LogP contribution in [0.15, 0.2) is 41.3 Å². The Balaban J connectivity index is 2.22. The van der Waals surface area contributed by atoms with Gasteiger partial charge in [-0.3, -0.25) is 4.79 Å². The average molecular weight is 353 g/mol. The van der Waals surface area contributed by atoms with E-state index in [0.29, 0.717) is 34.6 Å². The Morgan fingerprint density at radius 2 is 1.81 bits per heavy atom. The van der Waals surface area contributed by atoms with E-state index in [1.807, 2.05) is 44.2 Å². The number of hydrogen-bond acceptors (Lipinski definition) is 4. The molecule has 3 rings (SSSR count). The van der Waals surface area contributed by atoms with Crippen molar-refractivity contribution in [2.45, 2.75) is 20.3 Å². The zero-order chi connectivity index (χ0) is 18.7. The maximum atomic E-state index is 13.2. The van der Waals surface area contributed by atoms with Crippen molar-refractivity contribution in [2.75, 3.05) is 20.8 Å². The van der Waals surface area contributed by atoms with Gasteiger partial charge in [-0.25, -0.2) is 0 Å². The standard InChI is InChI=1S/C21H23NO4/c1-5-10-26-21-17(25-4)11-13(2)18-19(21)22-12-16(20(18)23)14-6-8-15(24-3)9-7-14/h6-9,11-12H,5,10H2,1-4H3,(H,22,23). The van der Waals surface area contributed by atoms with Crippen LogP contribution in [0.3, 0.4) is 0 Å². The maximum absolute atomic E-state index is 13.2. The minimum Gasteiger partial charge on any atom is -0.497 e. The number of pyridine rings is 1. The molecule has 0 aliphatic heterocycles. The van der Waals surface area contributed by atoms with Crippen LogP contribution in [-0.4, -0.2) is 25.8 Å². The number of rotatable bonds is 6. The Labute approximate surface area is 152 Å². The molecule has 0 saturated carbocycles. The molecule has 0 aliphatic rings. The Kier molecular flexibility index (Phi) is 5.16. The lowest BCUT2D eigenvalue weighted by Gasteiger charge is -2.15. The summed E-state index contributed by atoms with van der Waals surface area (Å²) in [5.41, 5.74) is 2.91. The van der Waals surface area contributed by atoms with Crippen molar-refractivity contribution in [2.24, 2.45) is 0 Å². The summed E-state index contributed by atoms with van der Waals surface area (Å²) in [6.45, 7) is 4.49. The Bertz CT molecular complexity index is 974. The van der Waals surface area contributed by atoms with Gasteiger partial charge in [0.25, 0.3) is 0 Å². The van der Waals surface area contributed by atoms with Crippen molar-refractivity contribution in [3.63, 3.8) is 0 Å². The molecule has 0 bridgehead atoms. The van der Waals surface area contributed by atoms with Gasteiger partial charge in [0, 0.05) is 11.8 Å². The lowest BCUT2D eigenvalue weighted by Crippen LogP contribution is -2.10. The molecule has 1 heterocycles. The number of hydrogen-bond donors (Lipinski definition) is 1. The van der Waals surface area contributed by atoms with E-state index in [0.717, 1.165) is 23.3 Å². The van der Waals surface area contributed by atoms with Crippen molar-refractivity contribution in [3.8, 4) is 28.4 Å². The highest BCUT2D eigenvalue weighted by Gasteiger charge is 2.17. The largest absolute Gasteiger partial charge is 0.497 e. The van der Waals surface area contributed by atoms with Crippen molar-refractivity contribution < 1.29 is 14.2 Å². The molecule has 5 nitrogen and oxygen atoms in total. The van der Waals surface area contributed by atoms with Crippen LogP contribution >= 0.6 is 0 Å². The third kappa shape index (κ3) is 3.12. The monoisotopic (exact) mass is 353 g/mol. The first-order valence-electron chi connectivity index (χ1n) is 8.60. The average Bonchev–Trinajstić information content (AvgIpc) is 2.67. The third-order valence-electron chi connectivity index (χ3n) is 4.35. The SMILES string of the molecule is CCCOc1c(OC)cc(C)c2c(=O)c(-c3ccc(OC)cc3)c[nH]c12. The molecule has 26 heavy (non-hydrogen) atoms. The predicted molar refractivity (Wildman–Crippen MR) is 104 cm³/mol. The summed E-state index contributed by atoms with van der Waals surface area (Å²) in [7, 11) is 3.22. The first-order chi connectivity index (χ1) is 12.6. The molecule has 0 radical (unpaired) electrons. The van der Waals surface area contributed by atoms with E-state index in [-0.39, 0.29) is 5.43 Å². The van der Waals surface area contributed by atoms with Gasteiger partial charge in [-0.15, -0.1) is 0 Å². The fourth-order valence-corrected chi connectivity index (χ4v) is 3.03. The normalized spacial score (nSPS) is 10.8. The number of fused-ring (bicyclic) bond motifs is 1. The predicted octanol–water partition coefficient (Wildman–Crippen LogP) is 4.31. The number of ether oxygens (including phenoxy) is 3. The first-order valence-corrected chi connectivity index (χ1v) is 8.60. The number of aromatic nitrogens is 1. The number of benzene rings is 2. The fourth-order valence-electron chi connectivity index (χ4n) is 3.03. The van der Waals surface area contributed by atoms with Crippen LogP contribution in [0.25, 0.3) is 22.0 Å². The smallest absolute Gasteiger partial charge is 0.197 e. The summed E-state index contributed by atoms with van der Waals surface area (Å²) in [5.74, 6) is 1.95. The molecule has 1 N–H and O–H groups in total. The molecule has 0 aliphatic carbocycles. The van der Waals surface area contributed by atoms with Gasteiger partial charge in [-0.2, -0.15) is 0 Å². The van der Waals surface area contributed by atoms with Gasteiger partial charge in [0.2, 0.25) is 0 Å². The Morgan fingerprint density at radius 1 is 1.08 bits per heavy atom. The summed E-state index contributed by atoms with van der Waals surface area (Å²) in [4.78, 5) is 16.4. The highest BCUT2D eigenvalue weighted by atomic mass is 16.5. The highest BCUT2D eigenvalue weighted by Crippen LogP contribution is 2.36. The third-order valence-corrected chi connectivity index (χ3v) is 4.35. The second kappa shape index (κ2) is 7.52. The number of aromatic amines is 1. The first kappa shape index (κ1) is 17.9. The minimum atomic E-state index is -0.0366. The van der Waals surface area contributed by atoms with E-state index >= 15 is 0 Å². The molecule has 0 spiro atoms. The van der Waals surface area contributed by atoms with Crippen molar-refractivity contribution in [1.82, 2.24) is 4.98 Å². The molecular weight excluding hydrogens is 330 g/mol. The summed E-state index contributed by atoms with van der Waals surface area (Å²) in [6, 6.07) is 9.29. The van der Waals surface area contributed by atoms with Crippen LogP contribution in [0.2, 0.25) is 0 Å². The van der Waals surface area contributed by atoms with Gasteiger partial charge in [0.05, 0.1) is 31.7 Å². The number of methoxy groups -OCH3 is 2. The van der Waals surface area contributed by atoms with Gasteiger partial charge >= 0.3 is 0 Å². The van der Waals surface area contributed by atoms with E-state index in [9.17, 15) is 4.79 Å². The second-order valence-corrected chi connectivity index (χ2v) is 6.08. The molecule has 0 saturated heterocycles. The fraction of sp³-hybridized carbons (Fsp3) is 0.286. The van der Waals surface area contributed by atoms with E-state index in [2.05, 4.69) is 4.98 Å². The van der Waals surface area contributed by atoms with E-state index in [1.54, 1.807) is 20.4 Å². The van der Waals surface area contributed by atoms with Gasteiger partial charge in [-0.05, 0) is 42.7 Å². The summed E-state index contributed by atoms with van der Waals surface area (Å²) in [6.07, 6.45) is 2.59. The van der Waals surface area contributed by atoms with Gasteiger partial charge in [0.15, 0.2) is 16.9 Å². The number of nitrogens with one attached hydrogen (secondary N) is 1. The van der Waals surface area contributed by atoms with Gasteiger partial charge in [0.1, 0.15) is 5.75 Å². The molecule has 0 fully saturated rings. The Hall–Kier alpha value is -2.95. The topological polar surface area (TPSA) is 60.6 Å². The van der Waals surface area contributed by atoms with Crippen molar-refractivity contribution in [3.05, 3.63) is 52.3 Å². The van der Waals surface area contributed by atoms with E-state index in [1.165, 1.54) is 0 Å². The molecule has 2 aromatic carbocycles. The minimum absolute atomic E-state index is 0.0366. The van der Waals surface area contributed by atoms with Crippen LogP contribution in [0.5, 0.6) is 17.2 Å². The van der Waals surface area contributed by atoms with Crippen LogP contribution < -0.4 is 19.6 Å². The molecule has 5 heteroatoms. The highest BCUT2D eigenvalue weighted by molar-refractivity contribution is 5.92. The summed E-state index contributed by atoms with van der Waals surface area (Å²) in [5, 5.41) is 0.616. The lowest BCUT2D eigenvalue weighted by atomic mass is 10.0. The second-order valence-electron chi connectivity index (χ2n) is 6.08. The van der Waals surface area contributed by atoms with Gasteiger partial charge < -0.3 is 19.2 Å². The molecular formula is C21H23NO4. The van der Waals surface area contributed by atoms with Crippen molar-refractivity contribution >= 4 is 10.9 Å². The maximum Gasteiger partial charge on any atom is 0.197 e. The van der Waals surface area contributed by atoms with E-state index < -0.39 is 0 Å². The summed E-state index contributed by atoms with van der Waals surface area (Å²) >= 11 is 0. The molecule has 3 aromatic rings. The van der Waals surface area contributed by atoms with Gasteiger partial charge in [-0.1, -0.05) is 19.1 Å². The molecule has 136 valence electrons. The molecule has 1 aromatic heterocycles. The van der Waals surface area contributed by atoms with Crippen LogP contribution in [0.4, 0.5) is 0 Å². The molecule has 0 amide bonds.